The van der Waals surface area contributed by atoms with Crippen LogP contribution >= 0.6 is 11.3 Å². The average molecular weight is 373 g/mol. The van der Waals surface area contributed by atoms with Crippen molar-refractivity contribution in [3.63, 3.8) is 0 Å². The van der Waals surface area contributed by atoms with Crippen LogP contribution in [0.5, 0.6) is 0 Å². The van der Waals surface area contributed by atoms with E-state index < -0.39 is 5.97 Å². The summed E-state index contributed by atoms with van der Waals surface area (Å²) in [6.45, 7) is 4.56. The Morgan fingerprint density at radius 2 is 2.12 bits per heavy atom. The number of carboxylic acids is 1. The number of pyridine rings is 1. The van der Waals surface area contributed by atoms with E-state index in [2.05, 4.69) is 10.3 Å². The Hall–Kier alpha value is -2.25. The molecule has 0 aliphatic heterocycles. The number of aryl methyl sites for hydroxylation is 1. The lowest BCUT2D eigenvalue weighted by Gasteiger charge is -2.42. The molecule has 0 saturated heterocycles. The number of hydrogen-bond acceptors (Lipinski definition) is 5. The number of carbonyl (C=O) groups excluding carboxylic acids is 1. The number of aromatic nitrogens is 1. The molecule has 3 rings (SSSR count). The van der Waals surface area contributed by atoms with Gasteiger partial charge in [0, 0.05) is 12.1 Å². The molecule has 0 aromatic carbocycles. The van der Waals surface area contributed by atoms with Crippen molar-refractivity contribution in [3.05, 3.63) is 40.9 Å². The van der Waals surface area contributed by atoms with Gasteiger partial charge in [-0.1, -0.05) is 13.0 Å². The number of carboxylic acid groups (broad SMARTS) is 1. The monoisotopic (exact) mass is 373 g/mol. The van der Waals surface area contributed by atoms with Crippen molar-refractivity contribution in [2.24, 2.45) is 0 Å². The Balaban J connectivity index is 1.57. The molecule has 0 bridgehead atoms. The van der Waals surface area contributed by atoms with Crippen LogP contribution in [0.3, 0.4) is 0 Å². The average Bonchev–Trinajstić information content (AvgIpc) is 3.10. The van der Waals surface area contributed by atoms with E-state index in [4.69, 9.17) is 5.11 Å². The number of hydrogen-bond donors (Lipinski definition) is 2. The van der Waals surface area contributed by atoms with E-state index in [-0.39, 0.29) is 24.5 Å². The third kappa shape index (κ3) is 4.11. The molecule has 2 aromatic heterocycles. The SMILES string of the molecule is CCN(CC(=O)O)C1CC(NC(=O)c2ccc(-c3cccs3)nc2C)C1. The summed E-state index contributed by atoms with van der Waals surface area (Å²) < 4.78 is 0. The molecule has 6 nitrogen and oxygen atoms in total. The Bertz CT molecular complexity index is 785. The van der Waals surface area contributed by atoms with E-state index in [1.165, 1.54) is 0 Å². The molecule has 2 heterocycles. The van der Waals surface area contributed by atoms with Gasteiger partial charge in [0.2, 0.25) is 0 Å². The molecule has 1 saturated carbocycles. The number of rotatable bonds is 7. The van der Waals surface area contributed by atoms with E-state index in [0.29, 0.717) is 17.8 Å². The van der Waals surface area contributed by atoms with Crippen LogP contribution in [0.2, 0.25) is 0 Å². The number of likely N-dealkylation sites (N-methyl/N-ethyl adjacent to an activating group) is 1. The van der Waals surface area contributed by atoms with Crippen LogP contribution in [0.1, 0.15) is 35.8 Å². The third-order valence-electron chi connectivity index (χ3n) is 4.81. The van der Waals surface area contributed by atoms with Gasteiger partial charge in [0.25, 0.3) is 5.91 Å². The predicted molar refractivity (Wildman–Crippen MR) is 101 cm³/mol. The zero-order chi connectivity index (χ0) is 18.7. The van der Waals surface area contributed by atoms with Gasteiger partial charge in [-0.3, -0.25) is 19.5 Å². The van der Waals surface area contributed by atoms with Crippen LogP contribution < -0.4 is 5.32 Å². The summed E-state index contributed by atoms with van der Waals surface area (Å²) in [5.74, 6) is -0.927. The molecule has 7 heteroatoms. The standard InChI is InChI=1S/C19H23N3O3S/c1-3-22(11-18(23)24)14-9-13(10-14)21-19(25)15-6-7-16(20-12(15)2)17-5-4-8-26-17/h4-8,13-14H,3,9-11H2,1-2H3,(H,21,25)(H,23,24). The maximum atomic E-state index is 12.5. The maximum absolute atomic E-state index is 12.5. The molecular weight excluding hydrogens is 350 g/mol. The molecule has 0 unspecified atom stereocenters. The smallest absolute Gasteiger partial charge is 0.317 e. The van der Waals surface area contributed by atoms with E-state index in [0.717, 1.165) is 23.4 Å². The lowest BCUT2D eigenvalue weighted by atomic mass is 9.85. The lowest BCUT2D eigenvalue weighted by molar-refractivity contribution is -0.139. The highest BCUT2D eigenvalue weighted by atomic mass is 32.1. The molecular formula is C19H23N3O3S. The van der Waals surface area contributed by atoms with E-state index in [9.17, 15) is 9.59 Å². The number of aliphatic carboxylic acids is 1. The first-order valence-corrected chi connectivity index (χ1v) is 9.64. The molecule has 1 aliphatic rings. The molecule has 0 atom stereocenters. The molecule has 0 spiro atoms. The van der Waals surface area contributed by atoms with Gasteiger partial charge in [-0.25, -0.2) is 0 Å². The first-order valence-electron chi connectivity index (χ1n) is 8.76. The molecule has 26 heavy (non-hydrogen) atoms. The second-order valence-corrected chi connectivity index (χ2v) is 7.51. The Kier molecular flexibility index (Phi) is 5.68. The second-order valence-electron chi connectivity index (χ2n) is 6.56. The van der Waals surface area contributed by atoms with Crippen molar-refractivity contribution in [2.75, 3.05) is 13.1 Å². The van der Waals surface area contributed by atoms with Gasteiger partial charge in [-0.05, 0) is 49.9 Å². The van der Waals surface area contributed by atoms with Crippen LogP contribution in [0.15, 0.2) is 29.6 Å². The zero-order valence-corrected chi connectivity index (χ0v) is 15.8. The van der Waals surface area contributed by atoms with Crippen LogP contribution in [0.4, 0.5) is 0 Å². The summed E-state index contributed by atoms with van der Waals surface area (Å²) in [5, 5.41) is 14.0. The van der Waals surface area contributed by atoms with Crippen molar-refractivity contribution < 1.29 is 14.7 Å². The minimum atomic E-state index is -0.813. The molecule has 1 fully saturated rings. The fraction of sp³-hybridized carbons (Fsp3) is 0.421. The number of amides is 1. The normalized spacial score (nSPS) is 19.2. The minimum absolute atomic E-state index is 0.0506. The van der Waals surface area contributed by atoms with Gasteiger partial charge in [0.05, 0.1) is 28.4 Å². The second kappa shape index (κ2) is 7.97. The third-order valence-corrected chi connectivity index (χ3v) is 5.71. The fourth-order valence-corrected chi connectivity index (χ4v) is 4.00. The summed E-state index contributed by atoms with van der Waals surface area (Å²) in [6.07, 6.45) is 1.57. The number of nitrogens with one attached hydrogen (secondary N) is 1. The van der Waals surface area contributed by atoms with Gasteiger partial charge in [-0.2, -0.15) is 0 Å². The molecule has 2 N–H and O–H groups in total. The van der Waals surface area contributed by atoms with Crippen molar-refractivity contribution >= 4 is 23.2 Å². The first kappa shape index (κ1) is 18.5. The van der Waals surface area contributed by atoms with Gasteiger partial charge in [-0.15, -0.1) is 11.3 Å². The number of carbonyl (C=O) groups is 2. The minimum Gasteiger partial charge on any atom is -0.480 e. The highest BCUT2D eigenvalue weighted by molar-refractivity contribution is 7.13. The highest BCUT2D eigenvalue weighted by Crippen LogP contribution is 2.27. The lowest BCUT2D eigenvalue weighted by Crippen LogP contribution is -2.54. The largest absolute Gasteiger partial charge is 0.480 e. The van der Waals surface area contributed by atoms with Crippen molar-refractivity contribution in [3.8, 4) is 10.6 Å². The van der Waals surface area contributed by atoms with Gasteiger partial charge in [0.1, 0.15) is 0 Å². The fourth-order valence-electron chi connectivity index (χ4n) is 3.30. The van der Waals surface area contributed by atoms with Gasteiger partial charge in [0.15, 0.2) is 0 Å². The maximum Gasteiger partial charge on any atom is 0.317 e. The van der Waals surface area contributed by atoms with Crippen LogP contribution in [0, 0.1) is 6.92 Å². The quantitative estimate of drug-likeness (QED) is 0.780. The molecule has 2 aromatic rings. The predicted octanol–water partition coefficient (Wildman–Crippen LogP) is 2.79. The van der Waals surface area contributed by atoms with Crippen molar-refractivity contribution in [1.82, 2.24) is 15.2 Å². The summed E-state index contributed by atoms with van der Waals surface area (Å²) in [5.41, 5.74) is 2.18. The summed E-state index contributed by atoms with van der Waals surface area (Å²) in [4.78, 5) is 31.0. The zero-order valence-electron chi connectivity index (χ0n) is 14.9. The van der Waals surface area contributed by atoms with E-state index in [1.807, 2.05) is 48.4 Å². The van der Waals surface area contributed by atoms with Crippen molar-refractivity contribution in [1.29, 1.82) is 0 Å². The van der Waals surface area contributed by atoms with Crippen LogP contribution in [-0.2, 0) is 4.79 Å². The molecule has 138 valence electrons. The number of nitrogens with zero attached hydrogens (tertiary/aromatic N) is 2. The Morgan fingerprint density at radius 3 is 2.69 bits per heavy atom. The number of thiophene rings is 1. The van der Waals surface area contributed by atoms with Gasteiger partial charge < -0.3 is 10.4 Å². The highest BCUT2D eigenvalue weighted by Gasteiger charge is 2.35. The summed E-state index contributed by atoms with van der Waals surface area (Å²) >= 11 is 1.62. The topological polar surface area (TPSA) is 82.5 Å². The van der Waals surface area contributed by atoms with Gasteiger partial charge >= 0.3 is 5.97 Å². The Morgan fingerprint density at radius 1 is 1.35 bits per heavy atom. The molecule has 1 aliphatic carbocycles. The van der Waals surface area contributed by atoms with Crippen molar-refractivity contribution in [2.45, 2.75) is 38.8 Å². The Labute approximate surface area is 156 Å². The van der Waals surface area contributed by atoms with E-state index >= 15 is 0 Å². The van der Waals surface area contributed by atoms with Crippen LogP contribution in [0.25, 0.3) is 10.6 Å². The first-order chi connectivity index (χ1) is 12.5. The summed E-state index contributed by atoms with van der Waals surface area (Å²) in [6, 6.07) is 8.01. The van der Waals surface area contributed by atoms with E-state index in [1.54, 1.807) is 11.3 Å². The van der Waals surface area contributed by atoms with Crippen LogP contribution in [-0.4, -0.2) is 52.0 Å². The summed E-state index contributed by atoms with van der Waals surface area (Å²) in [7, 11) is 0. The molecule has 1 amide bonds. The molecule has 0 radical (unpaired) electrons.